The first-order valence-electron chi connectivity index (χ1n) is 9.19. The van der Waals surface area contributed by atoms with Crippen LogP contribution in [-0.4, -0.2) is 49.1 Å². The summed E-state index contributed by atoms with van der Waals surface area (Å²) in [5.41, 5.74) is 3.24. The Labute approximate surface area is 153 Å². The van der Waals surface area contributed by atoms with Gasteiger partial charge < -0.3 is 4.74 Å². The summed E-state index contributed by atoms with van der Waals surface area (Å²) in [7, 11) is 1.49. The molecule has 0 spiro atoms. The minimum absolute atomic E-state index is 0.314. The highest BCUT2D eigenvalue weighted by atomic mass is 19.2. The van der Waals surface area contributed by atoms with Crippen LogP contribution in [0.15, 0.2) is 36.4 Å². The first kappa shape index (κ1) is 17.4. The van der Waals surface area contributed by atoms with Crippen molar-refractivity contribution in [3.8, 4) is 5.75 Å². The molecule has 0 atom stereocenters. The van der Waals surface area contributed by atoms with Crippen molar-refractivity contribution < 1.29 is 13.5 Å². The maximum absolute atomic E-state index is 14.2. The summed E-state index contributed by atoms with van der Waals surface area (Å²) in [6.45, 7) is 4.00. The maximum Gasteiger partial charge on any atom is 0.167 e. The van der Waals surface area contributed by atoms with Crippen molar-refractivity contribution in [2.75, 3.05) is 33.3 Å². The lowest BCUT2D eigenvalue weighted by molar-refractivity contribution is 0.0935. The molecule has 0 aromatic heterocycles. The highest BCUT2D eigenvalue weighted by Gasteiger charge is 2.29. The van der Waals surface area contributed by atoms with Crippen LogP contribution in [0.5, 0.6) is 5.75 Å². The number of piperazine rings is 1. The molecule has 0 amide bonds. The third-order valence-electron chi connectivity index (χ3n) is 5.71. The van der Waals surface area contributed by atoms with Gasteiger partial charge in [-0.3, -0.25) is 9.80 Å². The summed E-state index contributed by atoms with van der Waals surface area (Å²) in [5, 5.41) is 0. The average Bonchev–Trinajstić information content (AvgIpc) is 3.10. The number of nitrogens with zero attached hydrogens (tertiary/aromatic N) is 2. The standard InChI is InChI=1S/C21H24F2N2O/c1-26-20-7-6-19(22)21(23)18(20)14-24-8-10-25(11-9-24)17-12-15-4-2-3-5-16(15)13-17/h2-7,17H,8-14H2,1H3. The number of methoxy groups -OCH3 is 1. The Morgan fingerprint density at radius 3 is 2.23 bits per heavy atom. The quantitative estimate of drug-likeness (QED) is 0.834. The van der Waals surface area contributed by atoms with E-state index >= 15 is 0 Å². The SMILES string of the molecule is COc1ccc(F)c(F)c1CN1CCN(C2Cc3ccccc3C2)CC1. The highest BCUT2D eigenvalue weighted by molar-refractivity contribution is 5.35. The van der Waals surface area contributed by atoms with Gasteiger partial charge in [0.25, 0.3) is 0 Å². The maximum atomic E-state index is 14.2. The van der Waals surface area contributed by atoms with Crippen LogP contribution >= 0.6 is 0 Å². The predicted molar refractivity (Wildman–Crippen MR) is 97.4 cm³/mol. The van der Waals surface area contributed by atoms with Crippen molar-refractivity contribution in [3.05, 3.63) is 64.7 Å². The zero-order valence-electron chi connectivity index (χ0n) is 15.0. The largest absolute Gasteiger partial charge is 0.496 e. The van der Waals surface area contributed by atoms with Crippen molar-refractivity contribution in [3.63, 3.8) is 0 Å². The summed E-state index contributed by atoms with van der Waals surface area (Å²) < 4.78 is 33.0. The molecule has 138 valence electrons. The van der Waals surface area contributed by atoms with E-state index in [1.165, 1.54) is 24.3 Å². The Kier molecular flexibility index (Phi) is 4.92. The molecule has 2 aromatic rings. The zero-order valence-corrected chi connectivity index (χ0v) is 15.0. The van der Waals surface area contributed by atoms with Crippen molar-refractivity contribution in [2.45, 2.75) is 25.4 Å². The zero-order chi connectivity index (χ0) is 18.1. The van der Waals surface area contributed by atoms with E-state index in [4.69, 9.17) is 4.74 Å². The second kappa shape index (κ2) is 7.33. The van der Waals surface area contributed by atoms with Crippen molar-refractivity contribution in [1.82, 2.24) is 9.80 Å². The van der Waals surface area contributed by atoms with E-state index in [2.05, 4.69) is 34.1 Å². The molecular weight excluding hydrogens is 334 g/mol. The molecule has 0 N–H and O–H groups in total. The molecule has 26 heavy (non-hydrogen) atoms. The number of hydrogen-bond donors (Lipinski definition) is 0. The second-order valence-corrected chi connectivity index (χ2v) is 7.19. The molecule has 5 heteroatoms. The van der Waals surface area contributed by atoms with Crippen molar-refractivity contribution in [1.29, 1.82) is 0 Å². The van der Waals surface area contributed by atoms with Gasteiger partial charge >= 0.3 is 0 Å². The van der Waals surface area contributed by atoms with Gasteiger partial charge in [-0.2, -0.15) is 0 Å². The van der Waals surface area contributed by atoms with Gasteiger partial charge in [0, 0.05) is 44.3 Å². The van der Waals surface area contributed by atoms with Gasteiger partial charge in [-0.1, -0.05) is 24.3 Å². The van der Waals surface area contributed by atoms with Gasteiger partial charge in [0.05, 0.1) is 7.11 Å². The Morgan fingerprint density at radius 1 is 0.962 bits per heavy atom. The fourth-order valence-electron chi connectivity index (χ4n) is 4.22. The molecule has 1 aliphatic heterocycles. The summed E-state index contributed by atoms with van der Waals surface area (Å²) in [4.78, 5) is 4.72. The van der Waals surface area contributed by atoms with Crippen LogP contribution in [0.2, 0.25) is 0 Å². The van der Waals surface area contributed by atoms with E-state index in [0.717, 1.165) is 45.1 Å². The molecule has 2 aliphatic rings. The molecular formula is C21H24F2N2O. The fourth-order valence-corrected chi connectivity index (χ4v) is 4.22. The first-order valence-corrected chi connectivity index (χ1v) is 9.19. The monoisotopic (exact) mass is 358 g/mol. The van der Waals surface area contributed by atoms with E-state index in [1.807, 2.05) is 0 Å². The molecule has 3 nitrogen and oxygen atoms in total. The Bertz CT molecular complexity index is 763. The van der Waals surface area contributed by atoms with Crippen LogP contribution in [-0.2, 0) is 19.4 Å². The average molecular weight is 358 g/mol. The minimum atomic E-state index is -0.817. The lowest BCUT2D eigenvalue weighted by Crippen LogP contribution is -2.50. The molecule has 2 aromatic carbocycles. The third-order valence-corrected chi connectivity index (χ3v) is 5.71. The van der Waals surface area contributed by atoms with Crippen LogP contribution in [0.3, 0.4) is 0 Å². The molecule has 1 aliphatic carbocycles. The minimum Gasteiger partial charge on any atom is -0.496 e. The normalized spacial score (nSPS) is 18.9. The van der Waals surface area contributed by atoms with Crippen LogP contribution < -0.4 is 4.74 Å². The smallest absolute Gasteiger partial charge is 0.167 e. The van der Waals surface area contributed by atoms with E-state index in [1.54, 1.807) is 0 Å². The molecule has 4 rings (SSSR count). The van der Waals surface area contributed by atoms with E-state index in [0.29, 0.717) is 23.9 Å². The van der Waals surface area contributed by atoms with Crippen LogP contribution in [0, 0.1) is 11.6 Å². The fraction of sp³-hybridized carbons (Fsp3) is 0.429. The third kappa shape index (κ3) is 3.33. The summed E-state index contributed by atoms with van der Waals surface area (Å²) in [6.07, 6.45) is 2.23. The van der Waals surface area contributed by atoms with E-state index in [9.17, 15) is 8.78 Å². The lowest BCUT2D eigenvalue weighted by atomic mass is 10.1. The summed E-state index contributed by atoms with van der Waals surface area (Å²) in [6, 6.07) is 11.9. The van der Waals surface area contributed by atoms with Gasteiger partial charge in [0.2, 0.25) is 0 Å². The molecule has 0 radical (unpaired) electrons. The number of benzene rings is 2. The van der Waals surface area contributed by atoms with E-state index in [-0.39, 0.29) is 0 Å². The summed E-state index contributed by atoms with van der Waals surface area (Å²) >= 11 is 0. The van der Waals surface area contributed by atoms with Gasteiger partial charge in [-0.15, -0.1) is 0 Å². The topological polar surface area (TPSA) is 15.7 Å². The number of ether oxygens (including phenoxy) is 1. The molecule has 1 heterocycles. The predicted octanol–water partition coefficient (Wildman–Crippen LogP) is 3.26. The van der Waals surface area contributed by atoms with Crippen molar-refractivity contribution >= 4 is 0 Å². The molecule has 1 fully saturated rings. The lowest BCUT2D eigenvalue weighted by Gasteiger charge is -2.38. The molecule has 1 saturated heterocycles. The Hall–Kier alpha value is -1.98. The van der Waals surface area contributed by atoms with Gasteiger partial charge in [0.15, 0.2) is 11.6 Å². The second-order valence-electron chi connectivity index (χ2n) is 7.19. The van der Waals surface area contributed by atoms with E-state index < -0.39 is 11.6 Å². The Morgan fingerprint density at radius 2 is 1.62 bits per heavy atom. The van der Waals surface area contributed by atoms with Gasteiger partial charge in [0.1, 0.15) is 5.75 Å². The van der Waals surface area contributed by atoms with Gasteiger partial charge in [-0.25, -0.2) is 8.78 Å². The number of rotatable bonds is 4. The van der Waals surface area contributed by atoms with Crippen molar-refractivity contribution in [2.24, 2.45) is 0 Å². The number of halogens is 2. The van der Waals surface area contributed by atoms with Crippen LogP contribution in [0.1, 0.15) is 16.7 Å². The number of fused-ring (bicyclic) bond motifs is 1. The molecule has 0 unspecified atom stereocenters. The van der Waals surface area contributed by atoms with Crippen LogP contribution in [0.4, 0.5) is 8.78 Å². The van der Waals surface area contributed by atoms with Gasteiger partial charge in [-0.05, 0) is 36.1 Å². The highest BCUT2D eigenvalue weighted by Crippen LogP contribution is 2.28. The first-order chi connectivity index (χ1) is 12.7. The summed E-state index contributed by atoms with van der Waals surface area (Å²) in [5.74, 6) is -1.20. The molecule has 0 bridgehead atoms. The van der Waals surface area contributed by atoms with Crippen LogP contribution in [0.25, 0.3) is 0 Å². The number of hydrogen-bond acceptors (Lipinski definition) is 3. The molecule has 0 saturated carbocycles. The Balaban J connectivity index is 1.37.